The van der Waals surface area contributed by atoms with E-state index in [1.54, 1.807) is 51.4 Å². The second kappa shape index (κ2) is 2.87. The lowest BCUT2D eigenvalue weighted by Gasteiger charge is -2.41. The van der Waals surface area contributed by atoms with Crippen LogP contribution in [0.25, 0.3) is 0 Å². The summed E-state index contributed by atoms with van der Waals surface area (Å²) in [6, 6.07) is 0. The Labute approximate surface area is 99.2 Å². The first-order valence-electron chi connectivity index (χ1n) is 7.93. The Morgan fingerprint density at radius 3 is 1.75 bits per heavy atom. The lowest BCUT2D eigenvalue weighted by Crippen LogP contribution is -2.34. The molecule has 0 saturated heterocycles. The maximum atomic E-state index is 1.67. The van der Waals surface area contributed by atoms with Gasteiger partial charge in [-0.3, -0.25) is 0 Å². The van der Waals surface area contributed by atoms with Crippen molar-refractivity contribution in [2.45, 2.75) is 51.4 Å². The monoisotopic (exact) mass is 216 g/mol. The van der Waals surface area contributed by atoms with E-state index in [0.717, 1.165) is 0 Å². The smallest absolute Gasteiger partial charge is 0.0323 e. The highest BCUT2D eigenvalue weighted by molar-refractivity contribution is 5.11. The van der Waals surface area contributed by atoms with Crippen LogP contribution in [-0.2, 0) is 0 Å². The van der Waals surface area contributed by atoms with Crippen molar-refractivity contribution in [2.24, 2.45) is 47.3 Å². The van der Waals surface area contributed by atoms with Gasteiger partial charge in [0.15, 0.2) is 0 Å². The molecule has 8 atom stereocenters. The van der Waals surface area contributed by atoms with Crippen molar-refractivity contribution in [3.8, 4) is 0 Å². The second-order valence-corrected chi connectivity index (χ2v) is 7.65. The van der Waals surface area contributed by atoms with Crippen LogP contribution in [0.4, 0.5) is 0 Å². The maximum Gasteiger partial charge on any atom is -0.0323 e. The zero-order chi connectivity index (χ0) is 10.3. The highest BCUT2D eigenvalue weighted by atomic mass is 14.7. The summed E-state index contributed by atoms with van der Waals surface area (Å²) < 4.78 is 0. The summed E-state index contributed by atoms with van der Waals surface area (Å²) in [5.74, 6) is 9.68. The molecule has 0 aromatic carbocycles. The molecule has 0 N–H and O–H groups in total. The Hall–Kier alpha value is 0. The molecular weight excluding hydrogens is 192 g/mol. The Morgan fingerprint density at radius 1 is 0.500 bits per heavy atom. The van der Waals surface area contributed by atoms with Gasteiger partial charge in [0.1, 0.15) is 0 Å². The van der Waals surface area contributed by atoms with Crippen LogP contribution in [-0.4, -0.2) is 0 Å². The molecule has 0 nitrogen and oxygen atoms in total. The van der Waals surface area contributed by atoms with Crippen molar-refractivity contribution < 1.29 is 0 Å². The summed E-state index contributed by atoms with van der Waals surface area (Å²) in [7, 11) is 0. The average Bonchev–Trinajstić information content (AvgIpc) is 2.98. The van der Waals surface area contributed by atoms with Crippen molar-refractivity contribution in [3.63, 3.8) is 0 Å². The van der Waals surface area contributed by atoms with E-state index >= 15 is 0 Å². The molecule has 5 aliphatic carbocycles. The maximum absolute atomic E-state index is 1.67. The molecule has 5 fully saturated rings. The SMILES string of the molecule is C1CC2C3CC4CC3C3CCCC(C2C1)C43. The molecule has 0 heteroatoms. The predicted molar refractivity (Wildman–Crippen MR) is 64.9 cm³/mol. The van der Waals surface area contributed by atoms with E-state index in [-0.39, 0.29) is 0 Å². The normalized spacial score (nSPS) is 66.0. The van der Waals surface area contributed by atoms with Crippen LogP contribution in [0.3, 0.4) is 0 Å². The third-order valence-corrected chi connectivity index (χ3v) is 7.58. The molecule has 8 unspecified atom stereocenters. The summed E-state index contributed by atoms with van der Waals surface area (Å²) in [4.78, 5) is 0. The molecule has 0 amide bonds. The molecule has 0 heterocycles. The minimum Gasteiger partial charge on any atom is -0.0527 e. The van der Waals surface area contributed by atoms with Gasteiger partial charge in [-0.2, -0.15) is 0 Å². The van der Waals surface area contributed by atoms with Gasteiger partial charge in [-0.1, -0.05) is 12.8 Å². The number of rotatable bonds is 0. The summed E-state index contributed by atoms with van der Waals surface area (Å²) in [5.41, 5.74) is 0. The Morgan fingerprint density at radius 2 is 1.00 bits per heavy atom. The van der Waals surface area contributed by atoms with Gasteiger partial charge in [0.2, 0.25) is 0 Å². The van der Waals surface area contributed by atoms with Gasteiger partial charge in [0, 0.05) is 0 Å². The van der Waals surface area contributed by atoms with E-state index in [9.17, 15) is 0 Å². The van der Waals surface area contributed by atoms with Crippen molar-refractivity contribution in [3.05, 3.63) is 0 Å². The molecule has 5 bridgehead atoms. The molecule has 5 saturated carbocycles. The Balaban J connectivity index is 1.66. The minimum atomic E-state index is 1.20. The van der Waals surface area contributed by atoms with Crippen molar-refractivity contribution >= 4 is 0 Å². The quantitative estimate of drug-likeness (QED) is 0.572. The van der Waals surface area contributed by atoms with Crippen LogP contribution in [0, 0.1) is 47.3 Å². The summed E-state index contributed by atoms with van der Waals surface area (Å²) >= 11 is 0. The zero-order valence-electron chi connectivity index (χ0n) is 10.3. The fourth-order valence-electron chi connectivity index (χ4n) is 7.51. The molecule has 0 aromatic heterocycles. The largest absolute Gasteiger partial charge is 0.0527 e. The number of hydrogen-bond donors (Lipinski definition) is 0. The minimum absolute atomic E-state index is 1.20. The number of fused-ring (bicyclic) bond motifs is 4. The summed E-state index contributed by atoms with van der Waals surface area (Å²) in [6.07, 6.45) is 13.0. The topological polar surface area (TPSA) is 0 Å². The van der Waals surface area contributed by atoms with Gasteiger partial charge in [-0.05, 0) is 85.9 Å². The van der Waals surface area contributed by atoms with Crippen molar-refractivity contribution in [2.75, 3.05) is 0 Å². The lowest BCUT2D eigenvalue weighted by molar-refractivity contribution is 0.0806. The van der Waals surface area contributed by atoms with Gasteiger partial charge in [0.05, 0.1) is 0 Å². The van der Waals surface area contributed by atoms with Crippen LogP contribution in [0.5, 0.6) is 0 Å². The van der Waals surface area contributed by atoms with Gasteiger partial charge in [-0.25, -0.2) is 0 Å². The first-order valence-corrected chi connectivity index (χ1v) is 7.93. The van der Waals surface area contributed by atoms with E-state index < -0.39 is 0 Å². The van der Waals surface area contributed by atoms with Crippen LogP contribution in [0.1, 0.15) is 51.4 Å². The van der Waals surface area contributed by atoms with Crippen LogP contribution in [0.2, 0.25) is 0 Å². The first-order chi connectivity index (χ1) is 7.93. The lowest BCUT2D eigenvalue weighted by atomic mass is 9.64. The van der Waals surface area contributed by atoms with Gasteiger partial charge in [0.25, 0.3) is 0 Å². The molecule has 16 heavy (non-hydrogen) atoms. The third kappa shape index (κ3) is 0.875. The van der Waals surface area contributed by atoms with Crippen molar-refractivity contribution in [1.82, 2.24) is 0 Å². The molecule has 0 spiro atoms. The third-order valence-electron chi connectivity index (χ3n) is 7.58. The fourth-order valence-corrected chi connectivity index (χ4v) is 7.51. The van der Waals surface area contributed by atoms with Gasteiger partial charge in [-0.15, -0.1) is 0 Å². The van der Waals surface area contributed by atoms with E-state index in [0.29, 0.717) is 0 Å². The van der Waals surface area contributed by atoms with E-state index in [1.807, 2.05) is 0 Å². The van der Waals surface area contributed by atoms with Crippen LogP contribution in [0.15, 0.2) is 0 Å². The van der Waals surface area contributed by atoms with Crippen LogP contribution < -0.4 is 0 Å². The molecular formula is C16H24. The average molecular weight is 216 g/mol. The predicted octanol–water partition coefficient (Wildman–Crippen LogP) is 4.10. The number of hydrogen-bond acceptors (Lipinski definition) is 0. The fraction of sp³-hybridized carbons (Fsp3) is 1.00. The van der Waals surface area contributed by atoms with Crippen LogP contribution >= 0.6 is 0 Å². The van der Waals surface area contributed by atoms with E-state index in [4.69, 9.17) is 0 Å². The Kier molecular flexibility index (Phi) is 1.61. The molecule has 88 valence electrons. The summed E-state index contributed by atoms with van der Waals surface area (Å²) in [6.45, 7) is 0. The summed E-state index contributed by atoms with van der Waals surface area (Å²) in [5, 5.41) is 0. The highest BCUT2D eigenvalue weighted by Gasteiger charge is 2.62. The molecule has 0 aromatic rings. The highest BCUT2D eigenvalue weighted by Crippen LogP contribution is 2.70. The molecule has 5 rings (SSSR count). The zero-order valence-corrected chi connectivity index (χ0v) is 10.3. The molecule has 0 radical (unpaired) electrons. The first kappa shape index (κ1) is 9.00. The molecule has 5 aliphatic rings. The second-order valence-electron chi connectivity index (χ2n) is 7.65. The van der Waals surface area contributed by atoms with E-state index in [2.05, 4.69) is 0 Å². The standard InChI is InChI=1S/C16H24/c1-3-10-11(4-1)14-7-9-8-15(14)13-6-2-5-12(10)16(9)13/h9-16H,1-8H2. The van der Waals surface area contributed by atoms with E-state index in [1.165, 1.54) is 47.3 Å². The van der Waals surface area contributed by atoms with Gasteiger partial charge < -0.3 is 0 Å². The molecule has 0 aliphatic heterocycles. The Bertz CT molecular complexity index is 313. The van der Waals surface area contributed by atoms with Gasteiger partial charge >= 0.3 is 0 Å². The van der Waals surface area contributed by atoms with Crippen molar-refractivity contribution in [1.29, 1.82) is 0 Å².